The first-order chi connectivity index (χ1) is 16.2. The first-order valence-corrected chi connectivity index (χ1v) is 11.2. The van der Waals surface area contributed by atoms with Crippen molar-refractivity contribution in [1.82, 2.24) is 19.4 Å². The number of nitrogens with zero attached hydrogens (tertiary/aromatic N) is 5. The molecule has 1 amide bonds. The molecule has 2 aliphatic heterocycles. The third-order valence-electron chi connectivity index (χ3n) is 6.53. The molecule has 2 unspecified atom stereocenters. The number of carbonyl (C=O) groups excluding carboxylic acids is 1. The van der Waals surface area contributed by atoms with E-state index in [1.807, 2.05) is 70.4 Å². The zero-order chi connectivity index (χ0) is 22.8. The first kappa shape index (κ1) is 20.9. The van der Waals surface area contributed by atoms with Gasteiger partial charge in [0.25, 0.3) is 5.91 Å². The van der Waals surface area contributed by atoms with Crippen LogP contribution in [-0.4, -0.2) is 51.5 Å². The number of hydrogen-bond donors (Lipinski definition) is 0. The lowest BCUT2D eigenvalue weighted by Crippen LogP contribution is -2.34. The Balaban J connectivity index is 1.29. The quantitative estimate of drug-likeness (QED) is 0.542. The number of aromatic nitrogens is 3. The van der Waals surface area contributed by atoms with E-state index in [9.17, 15) is 4.79 Å². The molecule has 0 radical (unpaired) electrons. The van der Waals surface area contributed by atoms with Crippen molar-refractivity contribution in [1.29, 1.82) is 0 Å². The van der Waals surface area contributed by atoms with E-state index in [2.05, 4.69) is 23.0 Å². The summed E-state index contributed by atoms with van der Waals surface area (Å²) in [7, 11) is 0. The van der Waals surface area contributed by atoms with Crippen molar-refractivity contribution >= 4 is 17.4 Å². The monoisotopic (exact) mass is 437 g/mol. The minimum Gasteiger partial charge on any atom is -0.340 e. The summed E-state index contributed by atoms with van der Waals surface area (Å²) >= 11 is 0. The lowest BCUT2D eigenvalue weighted by molar-refractivity contribution is 0.0782. The summed E-state index contributed by atoms with van der Waals surface area (Å²) < 4.78 is 1.99. The maximum Gasteiger partial charge on any atom is 0.256 e. The zero-order valence-corrected chi connectivity index (χ0v) is 18.5. The van der Waals surface area contributed by atoms with Crippen LogP contribution in [0.25, 0.3) is 11.3 Å². The van der Waals surface area contributed by atoms with E-state index >= 15 is 0 Å². The van der Waals surface area contributed by atoms with Crippen molar-refractivity contribution in [3.05, 3.63) is 104 Å². The topological polar surface area (TPSA) is 54.3 Å². The van der Waals surface area contributed by atoms with Gasteiger partial charge in [-0.25, -0.2) is 9.97 Å². The van der Waals surface area contributed by atoms with Gasteiger partial charge in [0.2, 0.25) is 5.95 Å². The van der Waals surface area contributed by atoms with Crippen LogP contribution in [0.4, 0.5) is 5.95 Å². The number of rotatable bonds is 6. The van der Waals surface area contributed by atoms with Gasteiger partial charge in [0.1, 0.15) is 0 Å². The second-order valence-corrected chi connectivity index (χ2v) is 8.55. The lowest BCUT2D eigenvalue weighted by Gasteiger charge is -2.23. The fraction of sp³-hybridized carbons (Fsp3) is 0.222. The van der Waals surface area contributed by atoms with Gasteiger partial charge in [0, 0.05) is 56.6 Å². The Kier molecular flexibility index (Phi) is 5.65. The highest BCUT2D eigenvalue weighted by Gasteiger charge is 2.42. The first-order valence-electron chi connectivity index (χ1n) is 11.2. The molecule has 3 aromatic rings. The summed E-state index contributed by atoms with van der Waals surface area (Å²) in [6.45, 7) is 10.9. The van der Waals surface area contributed by atoms with Gasteiger partial charge < -0.3 is 14.4 Å². The highest BCUT2D eigenvalue weighted by Crippen LogP contribution is 2.34. The van der Waals surface area contributed by atoms with Crippen LogP contribution < -0.4 is 4.90 Å². The molecule has 2 fully saturated rings. The number of carbonyl (C=O) groups is 1. The fourth-order valence-electron chi connectivity index (χ4n) is 4.91. The molecule has 166 valence electrons. The summed E-state index contributed by atoms with van der Waals surface area (Å²) in [5.74, 6) is 1.67. The lowest BCUT2D eigenvalue weighted by atomic mass is 10.0. The van der Waals surface area contributed by atoms with Crippen LogP contribution >= 0.6 is 0 Å². The molecular weight excluding hydrogens is 410 g/mol. The van der Waals surface area contributed by atoms with Crippen LogP contribution in [0, 0.1) is 11.8 Å². The van der Waals surface area contributed by atoms with E-state index in [1.54, 1.807) is 18.3 Å². The van der Waals surface area contributed by atoms with Gasteiger partial charge >= 0.3 is 0 Å². The van der Waals surface area contributed by atoms with Crippen LogP contribution in [0.1, 0.15) is 16.1 Å². The molecule has 4 heterocycles. The predicted molar refractivity (Wildman–Crippen MR) is 131 cm³/mol. The number of fused-ring (bicyclic) bond motifs is 1. The molecular formula is C27H27N5O. The highest BCUT2D eigenvalue weighted by molar-refractivity contribution is 5.98. The Morgan fingerprint density at radius 2 is 1.70 bits per heavy atom. The molecule has 0 aliphatic carbocycles. The number of likely N-dealkylation sites (tertiary alicyclic amines) is 1. The van der Waals surface area contributed by atoms with E-state index in [1.165, 1.54) is 0 Å². The van der Waals surface area contributed by atoms with Crippen LogP contribution in [0.3, 0.4) is 0 Å². The largest absolute Gasteiger partial charge is 0.340 e. The van der Waals surface area contributed by atoms with Crippen molar-refractivity contribution in [2.45, 2.75) is 0 Å². The number of anilines is 1. The fourth-order valence-corrected chi connectivity index (χ4v) is 4.91. The Labute approximate surface area is 194 Å². The maximum atomic E-state index is 13.4. The molecule has 5 rings (SSSR count). The minimum atomic E-state index is 0.101. The Bertz CT molecular complexity index is 1200. The summed E-state index contributed by atoms with van der Waals surface area (Å²) in [6.07, 6.45) is 11.1. The van der Waals surface area contributed by atoms with Crippen molar-refractivity contribution in [2.75, 3.05) is 31.1 Å². The van der Waals surface area contributed by atoms with Gasteiger partial charge in [-0.05, 0) is 35.9 Å². The smallest absolute Gasteiger partial charge is 0.256 e. The molecule has 33 heavy (non-hydrogen) atoms. The molecule has 0 N–H and O–H groups in total. The van der Waals surface area contributed by atoms with Crippen molar-refractivity contribution in [2.24, 2.45) is 11.8 Å². The standard InChI is InChI=1S/C27H27N5O/c1-3-9-20(4-2)24-12-13-28-27(29-24)32-18-21-16-31(17-22(21)19-32)26(33)23-10-5-6-11-25(23)30-14-7-8-15-30/h3-15,21-22H,1-2,16-19H2. The average Bonchev–Trinajstić information content (AvgIpc) is 3.59. The normalized spacial score (nSPS) is 20.1. The second kappa shape index (κ2) is 8.90. The van der Waals surface area contributed by atoms with Crippen molar-refractivity contribution in [3.63, 3.8) is 0 Å². The Morgan fingerprint density at radius 3 is 2.39 bits per heavy atom. The maximum absolute atomic E-state index is 13.4. The Hall–Kier alpha value is -3.93. The summed E-state index contributed by atoms with van der Waals surface area (Å²) in [6, 6.07) is 13.6. The molecule has 0 saturated carbocycles. The van der Waals surface area contributed by atoms with Crippen LogP contribution in [0.2, 0.25) is 0 Å². The molecule has 6 heteroatoms. The van der Waals surface area contributed by atoms with Crippen LogP contribution in [0.15, 0.2) is 92.4 Å². The second-order valence-electron chi connectivity index (χ2n) is 8.55. The van der Waals surface area contributed by atoms with Gasteiger partial charge in [-0.2, -0.15) is 0 Å². The summed E-state index contributed by atoms with van der Waals surface area (Å²) in [5.41, 5.74) is 3.42. The van der Waals surface area contributed by atoms with E-state index < -0.39 is 0 Å². The van der Waals surface area contributed by atoms with Gasteiger partial charge in [-0.3, -0.25) is 4.79 Å². The van der Waals surface area contributed by atoms with Crippen molar-refractivity contribution in [3.8, 4) is 5.69 Å². The number of para-hydroxylation sites is 1. The van der Waals surface area contributed by atoms with E-state index in [0.717, 1.165) is 54.6 Å². The van der Waals surface area contributed by atoms with E-state index in [4.69, 9.17) is 4.98 Å². The van der Waals surface area contributed by atoms with Gasteiger partial charge in [0.15, 0.2) is 0 Å². The van der Waals surface area contributed by atoms with E-state index in [-0.39, 0.29) is 5.91 Å². The molecule has 2 aromatic heterocycles. The molecule has 6 nitrogen and oxygen atoms in total. The highest BCUT2D eigenvalue weighted by atomic mass is 16.2. The molecule has 0 bridgehead atoms. The SMILES string of the molecule is C=CC=C(C=C)c1ccnc(N2CC3CN(C(=O)c4ccccc4-n4cccc4)CC3C2)n1. The number of benzene rings is 1. The Morgan fingerprint density at radius 1 is 0.970 bits per heavy atom. The van der Waals surface area contributed by atoms with Crippen molar-refractivity contribution < 1.29 is 4.79 Å². The minimum absolute atomic E-state index is 0.101. The molecule has 0 spiro atoms. The molecule has 2 aliphatic rings. The van der Waals surface area contributed by atoms with Crippen LogP contribution in [-0.2, 0) is 0 Å². The zero-order valence-electron chi connectivity index (χ0n) is 18.5. The van der Waals surface area contributed by atoms with Gasteiger partial charge in [0.05, 0.1) is 16.9 Å². The van der Waals surface area contributed by atoms with Gasteiger partial charge in [-0.1, -0.05) is 43.5 Å². The predicted octanol–water partition coefficient (Wildman–Crippen LogP) is 4.23. The molecule has 2 atom stereocenters. The molecule has 2 saturated heterocycles. The summed E-state index contributed by atoms with van der Waals surface area (Å²) in [5, 5.41) is 0. The third-order valence-corrected chi connectivity index (χ3v) is 6.53. The third kappa shape index (κ3) is 4.00. The van der Waals surface area contributed by atoms with Crippen LogP contribution in [0.5, 0.6) is 0 Å². The number of allylic oxidation sites excluding steroid dienone is 4. The number of hydrogen-bond acceptors (Lipinski definition) is 4. The van der Waals surface area contributed by atoms with E-state index in [0.29, 0.717) is 11.8 Å². The average molecular weight is 438 g/mol. The summed E-state index contributed by atoms with van der Waals surface area (Å²) in [4.78, 5) is 26.9. The van der Waals surface area contributed by atoms with Gasteiger partial charge in [-0.15, -0.1) is 0 Å². The molecule has 1 aromatic carbocycles. The number of amides is 1.